The number of nitro groups is 1. The molecule has 0 fully saturated rings. The normalized spacial score (nSPS) is 10.4. The number of hydrogen-bond donors (Lipinski definition) is 0. The first-order chi connectivity index (χ1) is 10.6. The van der Waals surface area contributed by atoms with Crippen molar-refractivity contribution in [2.45, 2.75) is 0 Å². The largest absolute Gasteiger partial charge is 0.433 e. The molecule has 0 saturated heterocycles. The van der Waals surface area contributed by atoms with Gasteiger partial charge in [-0.1, -0.05) is 17.7 Å². The van der Waals surface area contributed by atoms with Gasteiger partial charge in [0.15, 0.2) is 5.76 Å². The Morgan fingerprint density at radius 1 is 1.36 bits per heavy atom. The standard InChI is InChI=1S/C14H7ClN4O3/c15-10-2-1-3-11(6-10)18-8-9(7-16)14(17-18)12-4-5-13(22-12)19(20)21/h1-6,8H. The summed E-state index contributed by atoms with van der Waals surface area (Å²) in [7, 11) is 0. The first-order valence-electron chi connectivity index (χ1n) is 6.09. The molecule has 0 aliphatic rings. The van der Waals surface area contributed by atoms with Crippen LogP contribution in [0.4, 0.5) is 5.88 Å². The predicted octanol–water partition coefficient (Wildman–Crippen LogP) is 3.57. The average Bonchev–Trinajstić information content (AvgIpc) is 3.13. The summed E-state index contributed by atoms with van der Waals surface area (Å²) < 4.78 is 6.56. The fraction of sp³-hybridized carbons (Fsp3) is 0. The molecule has 0 unspecified atom stereocenters. The molecule has 22 heavy (non-hydrogen) atoms. The minimum Gasteiger partial charge on any atom is -0.399 e. The second-order valence-electron chi connectivity index (χ2n) is 4.32. The molecule has 1 aromatic carbocycles. The van der Waals surface area contributed by atoms with E-state index in [1.165, 1.54) is 23.0 Å². The van der Waals surface area contributed by atoms with Crippen molar-refractivity contribution in [1.29, 1.82) is 5.26 Å². The number of aromatic nitrogens is 2. The first kappa shape index (κ1) is 13.9. The van der Waals surface area contributed by atoms with Crippen molar-refractivity contribution in [1.82, 2.24) is 9.78 Å². The van der Waals surface area contributed by atoms with Crippen molar-refractivity contribution in [3.8, 4) is 23.2 Å². The molecule has 0 amide bonds. The van der Waals surface area contributed by atoms with Crippen molar-refractivity contribution >= 4 is 17.5 Å². The molecule has 2 aromatic heterocycles. The van der Waals surface area contributed by atoms with Gasteiger partial charge in [0.05, 0.1) is 11.8 Å². The lowest BCUT2D eigenvalue weighted by Crippen LogP contribution is -1.94. The average molecular weight is 315 g/mol. The van der Waals surface area contributed by atoms with Gasteiger partial charge in [-0.15, -0.1) is 0 Å². The molecule has 7 nitrogen and oxygen atoms in total. The summed E-state index contributed by atoms with van der Waals surface area (Å²) in [4.78, 5) is 10.0. The topological polar surface area (TPSA) is 97.9 Å². The van der Waals surface area contributed by atoms with E-state index in [4.69, 9.17) is 16.0 Å². The van der Waals surface area contributed by atoms with E-state index >= 15 is 0 Å². The Morgan fingerprint density at radius 2 is 2.18 bits per heavy atom. The SMILES string of the molecule is N#Cc1cn(-c2cccc(Cl)c2)nc1-c1ccc([N+](=O)[O-])o1. The number of rotatable bonds is 3. The number of benzene rings is 1. The van der Waals surface area contributed by atoms with Gasteiger partial charge >= 0.3 is 5.88 Å². The molecular weight excluding hydrogens is 308 g/mol. The molecule has 0 aliphatic heterocycles. The van der Waals surface area contributed by atoms with Crippen molar-refractivity contribution in [2.24, 2.45) is 0 Å². The Balaban J connectivity index is 2.09. The molecule has 0 spiro atoms. The van der Waals surface area contributed by atoms with Crippen LogP contribution in [0.15, 0.2) is 47.0 Å². The molecule has 0 saturated carbocycles. The third kappa shape index (κ3) is 2.43. The van der Waals surface area contributed by atoms with Crippen LogP contribution in [0.25, 0.3) is 17.1 Å². The van der Waals surface area contributed by atoms with Crippen LogP contribution in [-0.4, -0.2) is 14.7 Å². The Morgan fingerprint density at radius 3 is 2.82 bits per heavy atom. The lowest BCUT2D eigenvalue weighted by atomic mass is 10.2. The van der Waals surface area contributed by atoms with Crippen LogP contribution in [0.3, 0.4) is 0 Å². The van der Waals surface area contributed by atoms with Crippen LogP contribution in [0.1, 0.15) is 5.56 Å². The number of furan rings is 1. The zero-order valence-corrected chi connectivity index (χ0v) is 11.7. The van der Waals surface area contributed by atoms with Crippen molar-refractivity contribution in [2.75, 3.05) is 0 Å². The van der Waals surface area contributed by atoms with Gasteiger partial charge in [0.2, 0.25) is 0 Å². The number of hydrogen-bond acceptors (Lipinski definition) is 5. The third-order valence-corrected chi connectivity index (χ3v) is 3.15. The molecular formula is C14H7ClN4O3. The van der Waals surface area contributed by atoms with Gasteiger partial charge in [-0.05, 0) is 24.3 Å². The molecule has 0 atom stereocenters. The van der Waals surface area contributed by atoms with Crippen LogP contribution in [0.2, 0.25) is 5.02 Å². The van der Waals surface area contributed by atoms with Gasteiger partial charge in [-0.3, -0.25) is 10.1 Å². The van der Waals surface area contributed by atoms with Crippen molar-refractivity contribution in [3.63, 3.8) is 0 Å². The van der Waals surface area contributed by atoms with Crippen molar-refractivity contribution < 1.29 is 9.34 Å². The van der Waals surface area contributed by atoms with E-state index in [0.717, 1.165) is 0 Å². The fourth-order valence-electron chi connectivity index (χ4n) is 1.94. The van der Waals surface area contributed by atoms with Crippen LogP contribution >= 0.6 is 11.6 Å². The quantitative estimate of drug-likeness (QED) is 0.543. The summed E-state index contributed by atoms with van der Waals surface area (Å²) in [6.45, 7) is 0. The maximum absolute atomic E-state index is 10.7. The third-order valence-electron chi connectivity index (χ3n) is 2.91. The second-order valence-corrected chi connectivity index (χ2v) is 4.76. The molecule has 0 aliphatic carbocycles. The Kier molecular flexibility index (Phi) is 3.37. The summed E-state index contributed by atoms with van der Waals surface area (Å²) in [5.74, 6) is -0.250. The van der Waals surface area contributed by atoms with Gasteiger partial charge in [-0.2, -0.15) is 10.4 Å². The number of nitriles is 1. The minimum absolute atomic E-state index is 0.157. The zero-order valence-electron chi connectivity index (χ0n) is 10.9. The van der Waals surface area contributed by atoms with Gasteiger partial charge in [0.1, 0.15) is 22.2 Å². The number of nitrogens with zero attached hydrogens (tertiary/aromatic N) is 4. The van der Waals surface area contributed by atoms with Crippen LogP contribution in [-0.2, 0) is 0 Å². The van der Waals surface area contributed by atoms with E-state index in [1.807, 2.05) is 6.07 Å². The molecule has 0 radical (unpaired) electrons. The van der Waals surface area contributed by atoms with E-state index in [2.05, 4.69) is 5.10 Å². The highest BCUT2D eigenvalue weighted by atomic mass is 35.5. The Hall–Kier alpha value is -3.11. The molecule has 8 heteroatoms. The van der Waals surface area contributed by atoms with Gasteiger partial charge in [0.25, 0.3) is 0 Å². The van der Waals surface area contributed by atoms with E-state index in [1.54, 1.807) is 24.3 Å². The highest BCUT2D eigenvalue weighted by Crippen LogP contribution is 2.28. The van der Waals surface area contributed by atoms with E-state index < -0.39 is 10.8 Å². The highest BCUT2D eigenvalue weighted by Gasteiger charge is 2.19. The van der Waals surface area contributed by atoms with E-state index in [-0.39, 0.29) is 17.0 Å². The highest BCUT2D eigenvalue weighted by molar-refractivity contribution is 6.30. The first-order valence-corrected chi connectivity index (χ1v) is 6.46. The predicted molar refractivity (Wildman–Crippen MR) is 77.6 cm³/mol. The van der Waals surface area contributed by atoms with E-state index in [9.17, 15) is 15.4 Å². The number of halogens is 1. The van der Waals surface area contributed by atoms with Gasteiger partial charge < -0.3 is 4.42 Å². The maximum Gasteiger partial charge on any atom is 0.433 e. The molecule has 3 rings (SSSR count). The van der Waals surface area contributed by atoms with Crippen LogP contribution in [0, 0.1) is 21.4 Å². The molecule has 0 bridgehead atoms. The Labute approximate surface area is 129 Å². The summed E-state index contributed by atoms with van der Waals surface area (Å²) in [6.07, 6.45) is 1.51. The lowest BCUT2D eigenvalue weighted by molar-refractivity contribution is -0.401. The van der Waals surface area contributed by atoms with Crippen LogP contribution in [0.5, 0.6) is 0 Å². The van der Waals surface area contributed by atoms with Crippen LogP contribution < -0.4 is 0 Å². The van der Waals surface area contributed by atoms with E-state index in [0.29, 0.717) is 10.7 Å². The van der Waals surface area contributed by atoms with Gasteiger partial charge in [0, 0.05) is 11.2 Å². The van der Waals surface area contributed by atoms with Gasteiger partial charge in [-0.25, -0.2) is 4.68 Å². The molecule has 0 N–H and O–H groups in total. The molecule has 3 aromatic rings. The maximum atomic E-state index is 10.7. The summed E-state index contributed by atoms with van der Waals surface area (Å²) in [5.41, 5.74) is 1.14. The molecule has 2 heterocycles. The Bertz CT molecular complexity index is 907. The molecule has 108 valence electrons. The van der Waals surface area contributed by atoms with Crippen molar-refractivity contribution in [3.05, 3.63) is 63.3 Å². The fourth-order valence-corrected chi connectivity index (χ4v) is 2.13. The second kappa shape index (κ2) is 5.35. The lowest BCUT2D eigenvalue weighted by Gasteiger charge is -2.00. The monoisotopic (exact) mass is 314 g/mol. The smallest absolute Gasteiger partial charge is 0.399 e. The minimum atomic E-state index is -0.649. The summed E-state index contributed by atoms with van der Waals surface area (Å²) in [6, 6.07) is 11.5. The summed E-state index contributed by atoms with van der Waals surface area (Å²) >= 11 is 5.93. The zero-order chi connectivity index (χ0) is 15.7. The summed E-state index contributed by atoms with van der Waals surface area (Å²) in [5, 5.41) is 24.7.